The maximum absolute atomic E-state index is 13.5. The van der Waals surface area contributed by atoms with Crippen LogP contribution < -0.4 is 0 Å². The molecule has 0 aromatic heterocycles. The number of benzene rings is 2. The van der Waals surface area contributed by atoms with Gasteiger partial charge in [0.1, 0.15) is 16.7 Å². The van der Waals surface area contributed by atoms with E-state index in [1.165, 1.54) is 12.1 Å². The van der Waals surface area contributed by atoms with Crippen LogP contribution in [0.25, 0.3) is 0 Å². The molecule has 0 saturated heterocycles. The number of hydrogen-bond donors (Lipinski definition) is 0. The lowest BCUT2D eigenvalue weighted by atomic mass is 10.0. The molecule has 0 saturated carbocycles. The number of hydrogen-bond acceptors (Lipinski definition) is 3. The zero-order chi connectivity index (χ0) is 14.9. The normalized spacial score (nSPS) is 10.3. The summed E-state index contributed by atoms with van der Waals surface area (Å²) in [4.78, 5) is 22.0. The SMILES string of the molecule is O=C(c1ccc(Cl)c([N+](=O)[O-])c1)c1ccc(F)cc1F. The first kappa shape index (κ1) is 14.1. The van der Waals surface area contributed by atoms with Crippen molar-refractivity contribution in [3.63, 3.8) is 0 Å². The minimum absolute atomic E-state index is 0.105. The van der Waals surface area contributed by atoms with Crippen LogP contribution in [0.5, 0.6) is 0 Å². The molecular weight excluding hydrogens is 292 g/mol. The quantitative estimate of drug-likeness (QED) is 0.492. The van der Waals surface area contributed by atoms with Crippen molar-refractivity contribution >= 4 is 23.1 Å². The van der Waals surface area contributed by atoms with Crippen molar-refractivity contribution in [2.45, 2.75) is 0 Å². The van der Waals surface area contributed by atoms with Crippen LogP contribution in [0.2, 0.25) is 5.02 Å². The Bertz CT molecular complexity index is 719. The Morgan fingerprint density at radius 3 is 2.45 bits per heavy atom. The predicted octanol–water partition coefficient (Wildman–Crippen LogP) is 3.76. The number of carbonyl (C=O) groups is 1. The summed E-state index contributed by atoms with van der Waals surface area (Å²) in [6.07, 6.45) is 0. The van der Waals surface area contributed by atoms with Gasteiger partial charge in [-0.1, -0.05) is 11.6 Å². The Labute approximate surface area is 116 Å². The van der Waals surface area contributed by atoms with Crippen LogP contribution in [-0.2, 0) is 0 Å². The fourth-order valence-corrected chi connectivity index (χ4v) is 1.81. The molecule has 102 valence electrons. The van der Waals surface area contributed by atoms with Gasteiger partial charge in [-0.05, 0) is 24.3 Å². The van der Waals surface area contributed by atoms with E-state index in [9.17, 15) is 23.7 Å². The summed E-state index contributed by atoms with van der Waals surface area (Å²) >= 11 is 5.62. The van der Waals surface area contributed by atoms with Gasteiger partial charge in [-0.3, -0.25) is 14.9 Å². The van der Waals surface area contributed by atoms with Gasteiger partial charge in [0.2, 0.25) is 0 Å². The Kier molecular flexibility index (Phi) is 3.76. The van der Waals surface area contributed by atoms with Crippen LogP contribution in [0.4, 0.5) is 14.5 Å². The van der Waals surface area contributed by atoms with E-state index in [2.05, 4.69) is 0 Å². The summed E-state index contributed by atoms with van der Waals surface area (Å²) in [6, 6.07) is 5.84. The lowest BCUT2D eigenvalue weighted by Gasteiger charge is -2.03. The van der Waals surface area contributed by atoms with Crippen molar-refractivity contribution in [3.8, 4) is 0 Å². The summed E-state index contributed by atoms with van der Waals surface area (Å²) in [5.41, 5.74) is -0.935. The van der Waals surface area contributed by atoms with E-state index in [1.54, 1.807) is 0 Å². The van der Waals surface area contributed by atoms with E-state index in [-0.39, 0.29) is 16.1 Å². The van der Waals surface area contributed by atoms with Gasteiger partial charge in [0.25, 0.3) is 5.69 Å². The largest absolute Gasteiger partial charge is 0.288 e. The molecule has 2 rings (SSSR count). The van der Waals surface area contributed by atoms with E-state index < -0.39 is 28.0 Å². The van der Waals surface area contributed by atoms with Crippen molar-refractivity contribution in [1.29, 1.82) is 0 Å². The molecule has 2 aromatic rings. The third-order valence-corrected chi connectivity index (χ3v) is 2.90. The fraction of sp³-hybridized carbons (Fsp3) is 0. The van der Waals surface area contributed by atoms with E-state index in [1.807, 2.05) is 0 Å². The van der Waals surface area contributed by atoms with Gasteiger partial charge < -0.3 is 0 Å². The second-order valence-electron chi connectivity index (χ2n) is 3.88. The van der Waals surface area contributed by atoms with Crippen molar-refractivity contribution in [2.24, 2.45) is 0 Å². The monoisotopic (exact) mass is 297 g/mol. The van der Waals surface area contributed by atoms with Crippen molar-refractivity contribution in [3.05, 3.63) is 74.3 Å². The predicted molar refractivity (Wildman–Crippen MR) is 67.9 cm³/mol. The van der Waals surface area contributed by atoms with Gasteiger partial charge in [-0.2, -0.15) is 0 Å². The molecule has 0 heterocycles. The van der Waals surface area contributed by atoms with E-state index >= 15 is 0 Å². The number of nitro groups is 1. The second-order valence-corrected chi connectivity index (χ2v) is 4.28. The number of halogens is 3. The average Bonchev–Trinajstić information content (AvgIpc) is 2.38. The Morgan fingerprint density at radius 1 is 1.15 bits per heavy atom. The molecule has 0 atom stereocenters. The lowest BCUT2D eigenvalue weighted by Crippen LogP contribution is -2.05. The standard InChI is InChI=1S/C13H6ClF2NO3/c14-10-4-1-7(5-12(10)17(19)20)13(18)9-3-2-8(15)6-11(9)16/h1-6H. The third-order valence-electron chi connectivity index (χ3n) is 2.58. The molecule has 0 bridgehead atoms. The van der Waals surface area contributed by atoms with Gasteiger partial charge >= 0.3 is 0 Å². The Morgan fingerprint density at radius 2 is 1.85 bits per heavy atom. The average molecular weight is 298 g/mol. The molecule has 0 N–H and O–H groups in total. The number of nitrogens with zero attached hydrogens (tertiary/aromatic N) is 1. The highest BCUT2D eigenvalue weighted by Crippen LogP contribution is 2.26. The van der Waals surface area contributed by atoms with Crippen molar-refractivity contribution < 1.29 is 18.5 Å². The van der Waals surface area contributed by atoms with Crippen molar-refractivity contribution in [1.82, 2.24) is 0 Å². The zero-order valence-electron chi connectivity index (χ0n) is 9.77. The second kappa shape index (κ2) is 5.34. The topological polar surface area (TPSA) is 60.2 Å². The first-order valence-electron chi connectivity index (χ1n) is 5.34. The molecule has 0 fully saturated rings. The van der Waals surface area contributed by atoms with Gasteiger partial charge in [0.05, 0.1) is 10.5 Å². The number of ketones is 1. The van der Waals surface area contributed by atoms with E-state index in [0.29, 0.717) is 6.07 Å². The molecule has 0 aliphatic heterocycles. The van der Waals surface area contributed by atoms with E-state index in [0.717, 1.165) is 18.2 Å². The Balaban J connectivity index is 2.48. The van der Waals surface area contributed by atoms with Crippen LogP contribution in [0.3, 0.4) is 0 Å². The molecular formula is C13H6ClF2NO3. The maximum atomic E-state index is 13.5. The summed E-state index contributed by atoms with van der Waals surface area (Å²) in [5.74, 6) is -2.64. The van der Waals surface area contributed by atoms with Crippen LogP contribution in [0.15, 0.2) is 36.4 Å². The first-order chi connectivity index (χ1) is 9.40. The number of rotatable bonds is 3. The van der Waals surface area contributed by atoms with Crippen LogP contribution in [0.1, 0.15) is 15.9 Å². The van der Waals surface area contributed by atoms with Crippen LogP contribution in [0, 0.1) is 21.7 Å². The molecule has 0 unspecified atom stereocenters. The highest BCUT2D eigenvalue weighted by atomic mass is 35.5. The maximum Gasteiger partial charge on any atom is 0.288 e. The highest BCUT2D eigenvalue weighted by molar-refractivity contribution is 6.32. The number of nitro benzene ring substituents is 1. The molecule has 0 aliphatic carbocycles. The molecule has 7 heteroatoms. The number of carbonyl (C=O) groups excluding carboxylic acids is 1. The van der Waals surface area contributed by atoms with Gasteiger partial charge in [-0.25, -0.2) is 8.78 Å². The summed E-state index contributed by atoms with van der Waals surface area (Å²) in [6.45, 7) is 0. The first-order valence-corrected chi connectivity index (χ1v) is 5.71. The molecule has 0 aliphatic rings. The lowest BCUT2D eigenvalue weighted by molar-refractivity contribution is -0.384. The Hall–Kier alpha value is -2.34. The molecule has 0 amide bonds. The van der Waals surface area contributed by atoms with Gasteiger partial charge in [0.15, 0.2) is 5.78 Å². The smallest absolute Gasteiger partial charge is 0.288 e. The highest BCUT2D eigenvalue weighted by Gasteiger charge is 2.19. The summed E-state index contributed by atoms with van der Waals surface area (Å²) in [5, 5.41) is 10.6. The molecule has 0 radical (unpaired) electrons. The summed E-state index contributed by atoms with van der Waals surface area (Å²) in [7, 11) is 0. The zero-order valence-corrected chi connectivity index (χ0v) is 10.5. The molecule has 2 aromatic carbocycles. The van der Waals surface area contributed by atoms with Crippen molar-refractivity contribution in [2.75, 3.05) is 0 Å². The fourth-order valence-electron chi connectivity index (χ4n) is 1.62. The molecule has 0 spiro atoms. The van der Waals surface area contributed by atoms with Gasteiger partial charge in [0, 0.05) is 17.7 Å². The minimum Gasteiger partial charge on any atom is -0.288 e. The van der Waals surface area contributed by atoms with Gasteiger partial charge in [-0.15, -0.1) is 0 Å². The minimum atomic E-state index is -1.03. The van der Waals surface area contributed by atoms with Crippen LogP contribution >= 0.6 is 11.6 Å². The van der Waals surface area contributed by atoms with E-state index in [4.69, 9.17) is 11.6 Å². The molecule has 4 nitrogen and oxygen atoms in total. The van der Waals surface area contributed by atoms with Crippen LogP contribution in [-0.4, -0.2) is 10.7 Å². The third kappa shape index (κ3) is 2.65. The summed E-state index contributed by atoms with van der Waals surface area (Å²) < 4.78 is 26.3. The molecule has 20 heavy (non-hydrogen) atoms.